The van der Waals surface area contributed by atoms with Crippen molar-refractivity contribution in [3.05, 3.63) is 58.9 Å². The van der Waals surface area contributed by atoms with Gasteiger partial charge in [0.25, 0.3) is 0 Å². The number of benzene rings is 1. The summed E-state index contributed by atoms with van der Waals surface area (Å²) in [7, 11) is 0. The zero-order chi connectivity index (χ0) is 15.1. The van der Waals surface area contributed by atoms with Gasteiger partial charge in [-0.15, -0.1) is 0 Å². The number of aliphatic hydroxyl groups excluding tert-OH is 1. The van der Waals surface area contributed by atoms with Gasteiger partial charge in [-0.2, -0.15) is 0 Å². The van der Waals surface area contributed by atoms with Gasteiger partial charge in [-0.25, -0.2) is 0 Å². The summed E-state index contributed by atoms with van der Waals surface area (Å²) in [5, 5.41) is 8.71. The van der Waals surface area contributed by atoms with Gasteiger partial charge in [0.05, 0.1) is 6.61 Å². The van der Waals surface area contributed by atoms with E-state index in [9.17, 15) is 0 Å². The molecule has 3 heteroatoms. The summed E-state index contributed by atoms with van der Waals surface area (Å²) >= 11 is 0. The van der Waals surface area contributed by atoms with Crippen LogP contribution in [0.15, 0.2) is 36.7 Å². The molecule has 21 heavy (non-hydrogen) atoms. The Balaban J connectivity index is 2.03. The first-order valence-corrected chi connectivity index (χ1v) is 6.93. The number of hydrogen-bond acceptors (Lipinski definition) is 3. The Hall–Kier alpha value is -2.31. The number of aryl methyl sites for hydroxylation is 2. The normalized spacial score (nSPS) is 9.86. The molecule has 3 nitrogen and oxygen atoms in total. The number of aromatic nitrogens is 1. The average Bonchev–Trinajstić information content (AvgIpc) is 2.47. The van der Waals surface area contributed by atoms with Gasteiger partial charge < -0.3 is 9.84 Å². The fraction of sp³-hybridized carbons (Fsp3) is 0.278. The van der Waals surface area contributed by atoms with Crippen LogP contribution in [0.2, 0.25) is 0 Å². The van der Waals surface area contributed by atoms with E-state index in [2.05, 4.69) is 22.9 Å². The smallest absolute Gasteiger partial charge is 0.122 e. The maximum atomic E-state index is 8.71. The van der Waals surface area contributed by atoms with Crippen LogP contribution in [-0.2, 0) is 6.61 Å². The second kappa shape index (κ2) is 7.47. The Kier molecular flexibility index (Phi) is 5.36. The van der Waals surface area contributed by atoms with Crippen LogP contribution in [0, 0.1) is 25.7 Å². The van der Waals surface area contributed by atoms with Crippen molar-refractivity contribution in [1.29, 1.82) is 0 Å². The van der Waals surface area contributed by atoms with E-state index >= 15 is 0 Å². The Morgan fingerprint density at radius 3 is 2.76 bits per heavy atom. The molecule has 0 unspecified atom stereocenters. The van der Waals surface area contributed by atoms with Gasteiger partial charge in [0, 0.05) is 29.9 Å². The SMILES string of the molecule is Cc1cncc(COc2ccc(C#CCCO)cc2C)c1. The number of pyridine rings is 1. The molecule has 1 N–H and O–H groups in total. The van der Waals surface area contributed by atoms with Crippen molar-refractivity contribution in [2.24, 2.45) is 0 Å². The van der Waals surface area contributed by atoms with Crippen LogP contribution >= 0.6 is 0 Å². The zero-order valence-corrected chi connectivity index (χ0v) is 12.4. The standard InChI is InChI=1S/C18H19NO2/c1-14-9-17(12-19-11-14)13-21-18-7-6-16(10-15(18)2)5-3-4-8-20/h6-7,9-12,20H,4,8,13H2,1-2H3. The molecule has 0 fully saturated rings. The molecule has 108 valence electrons. The van der Waals surface area contributed by atoms with Crippen LogP contribution in [0.4, 0.5) is 0 Å². The molecule has 0 aliphatic heterocycles. The van der Waals surface area contributed by atoms with Gasteiger partial charge >= 0.3 is 0 Å². The van der Waals surface area contributed by atoms with Crippen molar-refractivity contribution in [2.75, 3.05) is 6.61 Å². The zero-order valence-electron chi connectivity index (χ0n) is 12.4. The second-order valence-electron chi connectivity index (χ2n) is 4.91. The van der Waals surface area contributed by atoms with E-state index in [1.165, 1.54) is 0 Å². The lowest BCUT2D eigenvalue weighted by Gasteiger charge is -2.09. The predicted molar refractivity (Wildman–Crippen MR) is 83.1 cm³/mol. The highest BCUT2D eigenvalue weighted by Crippen LogP contribution is 2.20. The van der Waals surface area contributed by atoms with E-state index in [4.69, 9.17) is 9.84 Å². The number of rotatable bonds is 4. The highest BCUT2D eigenvalue weighted by molar-refractivity contribution is 5.43. The van der Waals surface area contributed by atoms with Gasteiger partial charge in [-0.1, -0.05) is 11.8 Å². The Morgan fingerprint density at radius 2 is 2.05 bits per heavy atom. The number of ether oxygens (including phenoxy) is 1. The second-order valence-corrected chi connectivity index (χ2v) is 4.91. The molecule has 0 atom stereocenters. The molecule has 0 radical (unpaired) electrons. The minimum Gasteiger partial charge on any atom is -0.489 e. The van der Waals surface area contributed by atoms with Crippen LogP contribution in [0.1, 0.15) is 28.7 Å². The Labute approximate surface area is 125 Å². The van der Waals surface area contributed by atoms with E-state index < -0.39 is 0 Å². The van der Waals surface area contributed by atoms with Crippen LogP contribution in [0.3, 0.4) is 0 Å². The maximum absolute atomic E-state index is 8.71. The van der Waals surface area contributed by atoms with Crippen LogP contribution < -0.4 is 4.74 Å². The van der Waals surface area contributed by atoms with Crippen molar-refractivity contribution in [1.82, 2.24) is 4.98 Å². The number of nitrogens with zero attached hydrogens (tertiary/aromatic N) is 1. The first-order valence-electron chi connectivity index (χ1n) is 6.93. The summed E-state index contributed by atoms with van der Waals surface area (Å²) < 4.78 is 5.83. The van der Waals surface area contributed by atoms with Crippen molar-refractivity contribution in [3.63, 3.8) is 0 Å². The monoisotopic (exact) mass is 281 g/mol. The fourth-order valence-electron chi connectivity index (χ4n) is 1.97. The molecular formula is C18H19NO2. The molecule has 0 saturated carbocycles. The molecule has 1 heterocycles. The molecule has 2 rings (SSSR count). The Morgan fingerprint density at radius 1 is 1.19 bits per heavy atom. The molecule has 0 amide bonds. The molecule has 0 bridgehead atoms. The average molecular weight is 281 g/mol. The lowest BCUT2D eigenvalue weighted by atomic mass is 10.1. The summed E-state index contributed by atoms with van der Waals surface area (Å²) in [5.41, 5.74) is 4.17. The van der Waals surface area contributed by atoms with Crippen LogP contribution in [0.25, 0.3) is 0 Å². The first kappa shape index (κ1) is 15.1. The van der Waals surface area contributed by atoms with Gasteiger partial charge in [0.15, 0.2) is 0 Å². The predicted octanol–water partition coefficient (Wildman–Crippen LogP) is 3.01. The minimum atomic E-state index is 0.0949. The minimum absolute atomic E-state index is 0.0949. The quantitative estimate of drug-likeness (QED) is 0.876. The molecule has 0 aliphatic rings. The van der Waals surface area contributed by atoms with Gasteiger partial charge in [0.1, 0.15) is 12.4 Å². The molecule has 0 spiro atoms. The largest absolute Gasteiger partial charge is 0.489 e. The van der Waals surface area contributed by atoms with E-state index in [-0.39, 0.29) is 6.61 Å². The summed E-state index contributed by atoms with van der Waals surface area (Å²) in [6, 6.07) is 7.92. The first-order chi connectivity index (χ1) is 10.2. The van der Waals surface area contributed by atoms with Crippen molar-refractivity contribution in [3.8, 4) is 17.6 Å². The third kappa shape index (κ3) is 4.62. The highest BCUT2D eigenvalue weighted by Gasteiger charge is 2.01. The van der Waals surface area contributed by atoms with Gasteiger partial charge in [-0.3, -0.25) is 4.98 Å². The number of hydrogen-bond donors (Lipinski definition) is 1. The molecule has 0 aliphatic carbocycles. The molecular weight excluding hydrogens is 262 g/mol. The lowest BCUT2D eigenvalue weighted by molar-refractivity contribution is 0.303. The van der Waals surface area contributed by atoms with E-state index in [0.29, 0.717) is 13.0 Å². The van der Waals surface area contributed by atoms with Gasteiger partial charge in [-0.05, 0) is 49.2 Å². The summed E-state index contributed by atoms with van der Waals surface area (Å²) in [4.78, 5) is 4.16. The molecule has 1 aromatic carbocycles. The van der Waals surface area contributed by atoms with Crippen molar-refractivity contribution < 1.29 is 9.84 Å². The summed E-state index contributed by atoms with van der Waals surface area (Å²) in [5.74, 6) is 6.78. The van der Waals surface area contributed by atoms with E-state index in [1.54, 1.807) is 0 Å². The maximum Gasteiger partial charge on any atom is 0.122 e. The van der Waals surface area contributed by atoms with Crippen molar-refractivity contribution in [2.45, 2.75) is 26.9 Å². The molecule has 0 saturated heterocycles. The summed E-state index contributed by atoms with van der Waals surface area (Å²) in [6.45, 7) is 4.62. The van der Waals surface area contributed by atoms with E-state index in [0.717, 1.165) is 28.0 Å². The third-order valence-electron chi connectivity index (χ3n) is 2.97. The fourth-order valence-corrected chi connectivity index (χ4v) is 1.97. The van der Waals surface area contributed by atoms with E-state index in [1.807, 2.05) is 44.4 Å². The Bertz CT molecular complexity index is 668. The molecule has 2 aromatic rings. The molecule has 1 aromatic heterocycles. The van der Waals surface area contributed by atoms with Crippen molar-refractivity contribution >= 4 is 0 Å². The lowest BCUT2D eigenvalue weighted by Crippen LogP contribution is -1.98. The third-order valence-corrected chi connectivity index (χ3v) is 2.97. The number of aliphatic hydroxyl groups is 1. The highest BCUT2D eigenvalue weighted by atomic mass is 16.5. The van der Waals surface area contributed by atoms with Crippen LogP contribution in [-0.4, -0.2) is 16.7 Å². The van der Waals surface area contributed by atoms with Crippen LogP contribution in [0.5, 0.6) is 5.75 Å². The topological polar surface area (TPSA) is 42.4 Å². The summed E-state index contributed by atoms with van der Waals surface area (Å²) in [6.07, 6.45) is 4.14. The van der Waals surface area contributed by atoms with Gasteiger partial charge in [0.2, 0.25) is 0 Å².